The van der Waals surface area contributed by atoms with Gasteiger partial charge in [-0.1, -0.05) is 35.3 Å². The summed E-state index contributed by atoms with van der Waals surface area (Å²) in [7, 11) is 0. The van der Waals surface area contributed by atoms with E-state index in [1.54, 1.807) is 6.07 Å². The van der Waals surface area contributed by atoms with E-state index in [2.05, 4.69) is 0 Å². The van der Waals surface area contributed by atoms with Crippen molar-refractivity contribution >= 4 is 29.2 Å². The van der Waals surface area contributed by atoms with Crippen LogP contribution in [0, 0.1) is 11.7 Å². The number of ether oxygens (including phenoxy) is 1. The van der Waals surface area contributed by atoms with Gasteiger partial charge in [-0.3, -0.25) is 4.79 Å². The topological polar surface area (TPSA) is 72.5 Å². The number of rotatable bonds is 4. The highest BCUT2D eigenvalue weighted by Gasteiger charge is 2.46. The second-order valence-electron chi connectivity index (χ2n) is 6.82. The molecular weight excluding hydrogens is 380 g/mol. The van der Waals surface area contributed by atoms with Gasteiger partial charge < -0.3 is 15.6 Å². The minimum Gasteiger partial charge on any atom is -0.492 e. The quantitative estimate of drug-likeness (QED) is 0.811. The van der Waals surface area contributed by atoms with E-state index >= 15 is 0 Å². The molecule has 0 radical (unpaired) electrons. The number of fused-ring (bicyclic) bond motifs is 3. The Kier molecular flexibility index (Phi) is 4.34. The van der Waals surface area contributed by atoms with Gasteiger partial charge in [0.1, 0.15) is 17.6 Å². The summed E-state index contributed by atoms with van der Waals surface area (Å²) in [6.07, 6.45) is 1.21. The molecule has 0 bridgehead atoms. The molecule has 2 aliphatic rings. The fourth-order valence-corrected chi connectivity index (χ4v) is 4.34. The average molecular weight is 396 g/mol. The number of carboxylic acid groups (broad SMARTS) is 1. The predicted molar refractivity (Wildman–Crippen MR) is 97.5 cm³/mol. The molecule has 4 nitrogen and oxygen atoms in total. The van der Waals surface area contributed by atoms with Gasteiger partial charge >= 0.3 is 5.97 Å². The molecule has 26 heavy (non-hydrogen) atoms. The summed E-state index contributed by atoms with van der Waals surface area (Å²) in [5.74, 6) is -0.139. The van der Waals surface area contributed by atoms with Crippen molar-refractivity contribution in [2.24, 2.45) is 11.7 Å². The zero-order chi connectivity index (χ0) is 18.6. The largest absolute Gasteiger partial charge is 0.492 e. The van der Waals surface area contributed by atoms with Crippen LogP contribution in [0.2, 0.25) is 10.0 Å². The molecule has 4 rings (SSSR count). The zero-order valence-electron chi connectivity index (χ0n) is 13.6. The summed E-state index contributed by atoms with van der Waals surface area (Å²) in [5.41, 5.74) is 8.77. The highest BCUT2D eigenvalue weighted by molar-refractivity contribution is 6.39. The van der Waals surface area contributed by atoms with E-state index in [4.69, 9.17) is 38.8 Å². The molecule has 1 heterocycles. The highest BCUT2D eigenvalue weighted by atomic mass is 35.5. The van der Waals surface area contributed by atoms with Gasteiger partial charge in [0.2, 0.25) is 0 Å². The van der Waals surface area contributed by atoms with Gasteiger partial charge in [-0.15, -0.1) is 0 Å². The minimum absolute atomic E-state index is 0.203. The average Bonchev–Trinajstić information content (AvgIpc) is 3.34. The fourth-order valence-electron chi connectivity index (χ4n) is 3.68. The number of halogens is 3. The van der Waals surface area contributed by atoms with E-state index in [-0.39, 0.29) is 16.5 Å². The number of carboxylic acids is 1. The molecule has 0 spiro atoms. The Hall–Kier alpha value is -1.82. The van der Waals surface area contributed by atoms with Crippen LogP contribution in [0.25, 0.3) is 11.1 Å². The lowest BCUT2D eigenvalue weighted by Gasteiger charge is -2.24. The van der Waals surface area contributed by atoms with Gasteiger partial charge in [0.05, 0.1) is 16.7 Å². The summed E-state index contributed by atoms with van der Waals surface area (Å²) in [4.78, 5) is 11.1. The summed E-state index contributed by atoms with van der Waals surface area (Å²) < 4.78 is 19.5. The molecule has 3 atom stereocenters. The lowest BCUT2D eigenvalue weighted by Crippen LogP contribution is -2.32. The van der Waals surface area contributed by atoms with Crippen LogP contribution < -0.4 is 10.5 Å². The maximum absolute atomic E-state index is 13.5. The van der Waals surface area contributed by atoms with Crippen molar-refractivity contribution in [1.29, 1.82) is 0 Å². The molecule has 7 heteroatoms. The van der Waals surface area contributed by atoms with Gasteiger partial charge in [-0.25, -0.2) is 4.39 Å². The minimum atomic E-state index is -1.04. The van der Waals surface area contributed by atoms with Crippen molar-refractivity contribution in [1.82, 2.24) is 0 Å². The van der Waals surface area contributed by atoms with Crippen LogP contribution in [0.1, 0.15) is 23.5 Å². The third kappa shape index (κ3) is 2.94. The molecule has 2 aromatic carbocycles. The molecule has 1 aliphatic carbocycles. The van der Waals surface area contributed by atoms with Crippen LogP contribution in [-0.2, 0) is 11.2 Å². The first-order valence-electron chi connectivity index (χ1n) is 8.28. The Morgan fingerprint density at radius 3 is 2.69 bits per heavy atom. The van der Waals surface area contributed by atoms with Gasteiger partial charge in [-0.2, -0.15) is 0 Å². The molecule has 3 N–H and O–H groups in total. The van der Waals surface area contributed by atoms with Crippen LogP contribution in [0.5, 0.6) is 5.75 Å². The molecule has 0 amide bonds. The van der Waals surface area contributed by atoms with Gasteiger partial charge in [0.15, 0.2) is 0 Å². The Bertz CT molecular complexity index is 895. The summed E-state index contributed by atoms with van der Waals surface area (Å²) in [6.45, 7) is 0.593. The van der Waals surface area contributed by atoms with Crippen molar-refractivity contribution in [3.63, 3.8) is 0 Å². The second kappa shape index (κ2) is 6.41. The first kappa shape index (κ1) is 17.6. The molecule has 0 aromatic heterocycles. The molecule has 1 saturated carbocycles. The summed E-state index contributed by atoms with van der Waals surface area (Å²) in [6, 6.07) is 5.08. The molecular formula is C19H16Cl2FNO3. The van der Waals surface area contributed by atoms with E-state index < -0.39 is 17.8 Å². The third-order valence-electron chi connectivity index (χ3n) is 5.05. The second-order valence-corrected chi connectivity index (χ2v) is 7.64. The number of nitrogens with two attached hydrogens (primary N) is 1. The predicted octanol–water partition coefficient (Wildman–Crippen LogP) is 4.25. The van der Waals surface area contributed by atoms with E-state index in [0.717, 1.165) is 17.5 Å². The van der Waals surface area contributed by atoms with E-state index in [1.807, 2.05) is 6.07 Å². The Balaban J connectivity index is 1.86. The molecule has 1 aliphatic heterocycles. The standard InChI is InChI=1S/C19H16Cl2FNO3/c20-13-5-10(22)6-14(21)17(13)11-2-1-8(4-15(23)19(24)25)16-12-3-9(12)7-26-18(11)16/h1-2,5-6,9,12,15H,3-4,7,23H2,(H,24,25)/t9?,12?,15-/m0/s1. The van der Waals surface area contributed by atoms with Crippen molar-refractivity contribution in [2.75, 3.05) is 6.61 Å². The molecule has 1 fully saturated rings. The fraction of sp³-hybridized carbons (Fsp3) is 0.316. The number of benzene rings is 2. The lowest BCUT2D eigenvalue weighted by atomic mass is 9.90. The van der Waals surface area contributed by atoms with Crippen molar-refractivity contribution in [3.05, 3.63) is 51.3 Å². The zero-order valence-corrected chi connectivity index (χ0v) is 15.1. The Labute approximate surface area is 159 Å². The van der Waals surface area contributed by atoms with Crippen molar-refractivity contribution < 1.29 is 19.0 Å². The highest BCUT2D eigenvalue weighted by Crippen LogP contribution is 2.58. The lowest BCUT2D eigenvalue weighted by molar-refractivity contribution is -0.138. The van der Waals surface area contributed by atoms with Crippen LogP contribution in [0.15, 0.2) is 24.3 Å². The number of hydrogen-bond acceptors (Lipinski definition) is 3. The number of hydrogen-bond donors (Lipinski definition) is 2. The van der Waals surface area contributed by atoms with E-state index in [1.165, 1.54) is 12.1 Å². The summed E-state index contributed by atoms with van der Waals surface area (Å²) in [5, 5.41) is 9.53. The van der Waals surface area contributed by atoms with Crippen molar-refractivity contribution in [2.45, 2.75) is 24.8 Å². The Morgan fingerprint density at radius 2 is 2.04 bits per heavy atom. The van der Waals surface area contributed by atoms with Crippen LogP contribution in [0.3, 0.4) is 0 Å². The maximum atomic E-state index is 13.5. The molecule has 2 unspecified atom stereocenters. The van der Waals surface area contributed by atoms with E-state index in [0.29, 0.717) is 35.3 Å². The molecule has 0 saturated heterocycles. The van der Waals surface area contributed by atoms with Crippen LogP contribution in [0.4, 0.5) is 4.39 Å². The van der Waals surface area contributed by atoms with Gasteiger partial charge in [0.25, 0.3) is 0 Å². The normalized spacial score (nSPS) is 21.4. The molecule has 136 valence electrons. The molecule has 2 aromatic rings. The monoisotopic (exact) mass is 395 g/mol. The SMILES string of the molecule is N[C@@H](Cc1ccc(-c2c(Cl)cc(F)cc2Cl)c2c1C1CC1CO2)C(=O)O. The van der Waals surface area contributed by atoms with Crippen LogP contribution >= 0.6 is 23.2 Å². The van der Waals surface area contributed by atoms with Gasteiger partial charge in [-0.05, 0) is 36.5 Å². The number of carbonyl (C=O) groups is 1. The third-order valence-corrected chi connectivity index (χ3v) is 5.65. The van der Waals surface area contributed by atoms with Gasteiger partial charge in [0, 0.05) is 22.6 Å². The van der Waals surface area contributed by atoms with E-state index in [9.17, 15) is 9.18 Å². The van der Waals surface area contributed by atoms with Crippen LogP contribution in [-0.4, -0.2) is 23.7 Å². The Morgan fingerprint density at radius 1 is 1.35 bits per heavy atom. The number of aliphatic carboxylic acids is 1. The smallest absolute Gasteiger partial charge is 0.320 e. The first-order valence-corrected chi connectivity index (χ1v) is 9.04. The summed E-state index contributed by atoms with van der Waals surface area (Å²) >= 11 is 12.5. The maximum Gasteiger partial charge on any atom is 0.320 e. The van der Waals surface area contributed by atoms with Crippen molar-refractivity contribution in [3.8, 4) is 16.9 Å². The first-order chi connectivity index (χ1) is 12.4.